The molecule has 2 heteroatoms. The normalized spacial score (nSPS) is 10.6. The summed E-state index contributed by atoms with van der Waals surface area (Å²) in [5.41, 5.74) is 5.57. The first kappa shape index (κ1) is 14.8. The maximum atomic E-state index is 12.2. The molecule has 0 spiro atoms. The van der Waals surface area contributed by atoms with Gasteiger partial charge in [-0.05, 0) is 54.7 Å². The van der Waals surface area contributed by atoms with Gasteiger partial charge in [0, 0.05) is 17.9 Å². The van der Waals surface area contributed by atoms with Crippen molar-refractivity contribution in [3.8, 4) is 0 Å². The Morgan fingerprint density at radius 2 is 1.70 bits per heavy atom. The molecule has 0 aliphatic carbocycles. The summed E-state index contributed by atoms with van der Waals surface area (Å²) in [6.45, 7) is 6.14. The minimum absolute atomic E-state index is 0.194. The van der Waals surface area contributed by atoms with Crippen molar-refractivity contribution in [2.75, 3.05) is 0 Å². The lowest BCUT2D eigenvalue weighted by atomic mass is 9.99. The number of rotatable bonds is 4. The van der Waals surface area contributed by atoms with Crippen molar-refractivity contribution in [2.45, 2.75) is 33.6 Å². The molecular formula is C18H19ClO. The Kier molecular flexibility index (Phi) is 4.61. The average molecular weight is 287 g/mol. The molecule has 0 aromatic heterocycles. The lowest BCUT2D eigenvalue weighted by molar-refractivity contribution is -0.117. The molecular weight excluding hydrogens is 268 g/mol. The molecule has 2 aromatic carbocycles. The molecule has 0 unspecified atom stereocenters. The van der Waals surface area contributed by atoms with Crippen LogP contribution in [0.1, 0.15) is 27.8 Å². The Balaban J connectivity index is 2.07. The van der Waals surface area contributed by atoms with E-state index in [9.17, 15) is 4.79 Å². The highest BCUT2D eigenvalue weighted by Gasteiger charge is 2.09. The number of halogens is 1. The predicted molar refractivity (Wildman–Crippen MR) is 84.5 cm³/mol. The van der Waals surface area contributed by atoms with Crippen LogP contribution >= 0.6 is 11.6 Å². The zero-order chi connectivity index (χ0) is 14.7. The highest BCUT2D eigenvalue weighted by atomic mass is 35.5. The minimum Gasteiger partial charge on any atom is -0.299 e. The van der Waals surface area contributed by atoms with Gasteiger partial charge in [0.15, 0.2) is 0 Å². The predicted octanol–water partition coefficient (Wildman–Crippen LogP) is 4.62. The Morgan fingerprint density at radius 1 is 0.950 bits per heavy atom. The van der Waals surface area contributed by atoms with Crippen molar-refractivity contribution < 1.29 is 4.79 Å². The van der Waals surface area contributed by atoms with E-state index < -0.39 is 0 Å². The molecule has 0 heterocycles. The smallest absolute Gasteiger partial charge is 0.141 e. The van der Waals surface area contributed by atoms with Crippen LogP contribution in [0.15, 0.2) is 36.4 Å². The summed E-state index contributed by atoms with van der Waals surface area (Å²) in [5, 5.41) is 0.679. The zero-order valence-corrected chi connectivity index (χ0v) is 12.9. The SMILES string of the molecule is Cc1ccc(CC(=O)Cc2ccc(C)c(C)c2)c(Cl)c1. The topological polar surface area (TPSA) is 17.1 Å². The van der Waals surface area contributed by atoms with Crippen molar-refractivity contribution in [1.82, 2.24) is 0 Å². The highest BCUT2D eigenvalue weighted by molar-refractivity contribution is 6.31. The number of hydrogen-bond donors (Lipinski definition) is 0. The second-order valence-corrected chi connectivity index (χ2v) is 5.81. The molecule has 0 aliphatic heterocycles. The molecule has 0 fully saturated rings. The Bertz CT molecular complexity index is 644. The Hall–Kier alpha value is -1.60. The van der Waals surface area contributed by atoms with E-state index in [1.807, 2.05) is 31.2 Å². The summed E-state index contributed by atoms with van der Waals surface area (Å²) in [7, 11) is 0. The quantitative estimate of drug-likeness (QED) is 0.801. The van der Waals surface area contributed by atoms with Gasteiger partial charge in [0.25, 0.3) is 0 Å². The van der Waals surface area contributed by atoms with Crippen LogP contribution in [0.5, 0.6) is 0 Å². The first-order valence-corrected chi connectivity index (χ1v) is 7.16. The van der Waals surface area contributed by atoms with Crippen molar-refractivity contribution in [1.29, 1.82) is 0 Å². The molecule has 0 aliphatic rings. The van der Waals surface area contributed by atoms with Crippen molar-refractivity contribution in [3.63, 3.8) is 0 Å². The van der Waals surface area contributed by atoms with Crippen LogP contribution in [0.4, 0.5) is 0 Å². The molecule has 0 saturated carbocycles. The number of hydrogen-bond acceptors (Lipinski definition) is 1. The van der Waals surface area contributed by atoms with Gasteiger partial charge in [-0.1, -0.05) is 41.9 Å². The van der Waals surface area contributed by atoms with Gasteiger partial charge in [-0.15, -0.1) is 0 Å². The largest absolute Gasteiger partial charge is 0.299 e. The van der Waals surface area contributed by atoms with E-state index in [1.165, 1.54) is 11.1 Å². The number of ketones is 1. The fraction of sp³-hybridized carbons (Fsp3) is 0.278. The van der Waals surface area contributed by atoms with Crippen LogP contribution in [0.25, 0.3) is 0 Å². The van der Waals surface area contributed by atoms with Crippen LogP contribution < -0.4 is 0 Å². The van der Waals surface area contributed by atoms with E-state index in [0.29, 0.717) is 17.9 Å². The summed E-state index contributed by atoms with van der Waals surface area (Å²) >= 11 is 6.17. The first-order chi connectivity index (χ1) is 9.45. The van der Waals surface area contributed by atoms with E-state index >= 15 is 0 Å². The number of carbonyl (C=O) groups excluding carboxylic acids is 1. The minimum atomic E-state index is 0.194. The molecule has 0 bridgehead atoms. The zero-order valence-electron chi connectivity index (χ0n) is 12.2. The Labute approximate surface area is 125 Å². The van der Waals surface area contributed by atoms with E-state index in [-0.39, 0.29) is 5.78 Å². The third kappa shape index (κ3) is 3.71. The second kappa shape index (κ2) is 6.23. The standard InChI is InChI=1S/C18H19ClO/c1-12-4-7-16(18(19)8-12)11-17(20)10-15-6-5-13(2)14(3)9-15/h4-9H,10-11H2,1-3H3. The van der Waals surface area contributed by atoms with Gasteiger partial charge in [0.1, 0.15) is 5.78 Å². The lowest BCUT2D eigenvalue weighted by Gasteiger charge is -2.07. The maximum Gasteiger partial charge on any atom is 0.141 e. The van der Waals surface area contributed by atoms with E-state index in [1.54, 1.807) is 0 Å². The monoisotopic (exact) mass is 286 g/mol. The molecule has 20 heavy (non-hydrogen) atoms. The molecule has 0 amide bonds. The van der Waals surface area contributed by atoms with Gasteiger partial charge in [-0.25, -0.2) is 0 Å². The maximum absolute atomic E-state index is 12.2. The summed E-state index contributed by atoms with van der Waals surface area (Å²) in [6.07, 6.45) is 0.858. The third-order valence-corrected chi connectivity index (χ3v) is 3.92. The average Bonchev–Trinajstić information content (AvgIpc) is 2.37. The molecule has 1 nitrogen and oxygen atoms in total. The number of benzene rings is 2. The number of Topliss-reactive ketones (excluding diaryl/α,β-unsaturated/α-hetero) is 1. The molecule has 2 rings (SSSR count). The van der Waals surface area contributed by atoms with E-state index in [2.05, 4.69) is 26.0 Å². The molecule has 0 radical (unpaired) electrons. The van der Waals surface area contributed by atoms with Gasteiger partial charge < -0.3 is 0 Å². The van der Waals surface area contributed by atoms with Gasteiger partial charge in [0.2, 0.25) is 0 Å². The van der Waals surface area contributed by atoms with Crippen LogP contribution in [0.2, 0.25) is 5.02 Å². The van der Waals surface area contributed by atoms with E-state index in [4.69, 9.17) is 11.6 Å². The molecule has 0 atom stereocenters. The summed E-state index contributed by atoms with van der Waals surface area (Å²) in [6, 6.07) is 12.0. The van der Waals surface area contributed by atoms with Gasteiger partial charge in [-0.2, -0.15) is 0 Å². The number of carbonyl (C=O) groups is 1. The highest BCUT2D eigenvalue weighted by Crippen LogP contribution is 2.19. The van der Waals surface area contributed by atoms with E-state index in [0.717, 1.165) is 16.7 Å². The third-order valence-electron chi connectivity index (χ3n) is 3.57. The number of aryl methyl sites for hydroxylation is 3. The van der Waals surface area contributed by atoms with Crippen molar-refractivity contribution in [2.24, 2.45) is 0 Å². The molecule has 0 N–H and O–H groups in total. The summed E-state index contributed by atoms with van der Waals surface area (Å²) < 4.78 is 0. The van der Waals surface area contributed by atoms with Crippen molar-refractivity contribution in [3.05, 3.63) is 69.2 Å². The second-order valence-electron chi connectivity index (χ2n) is 5.41. The Morgan fingerprint density at radius 3 is 2.35 bits per heavy atom. The van der Waals surface area contributed by atoms with Gasteiger partial charge >= 0.3 is 0 Å². The summed E-state index contributed by atoms with van der Waals surface area (Å²) in [4.78, 5) is 12.2. The van der Waals surface area contributed by atoms with Gasteiger partial charge in [-0.3, -0.25) is 4.79 Å². The van der Waals surface area contributed by atoms with Crippen molar-refractivity contribution >= 4 is 17.4 Å². The van der Waals surface area contributed by atoms with Crippen LogP contribution in [-0.4, -0.2) is 5.78 Å². The molecule has 104 valence electrons. The van der Waals surface area contributed by atoms with Crippen LogP contribution in [0, 0.1) is 20.8 Å². The lowest BCUT2D eigenvalue weighted by Crippen LogP contribution is -2.07. The fourth-order valence-corrected chi connectivity index (χ4v) is 2.51. The molecule has 0 saturated heterocycles. The fourth-order valence-electron chi connectivity index (χ4n) is 2.21. The first-order valence-electron chi connectivity index (χ1n) is 6.78. The van der Waals surface area contributed by atoms with Crippen LogP contribution in [0.3, 0.4) is 0 Å². The van der Waals surface area contributed by atoms with Gasteiger partial charge in [0.05, 0.1) is 0 Å². The molecule has 2 aromatic rings. The summed E-state index contributed by atoms with van der Waals surface area (Å²) in [5.74, 6) is 0.194. The van der Waals surface area contributed by atoms with Crippen LogP contribution in [-0.2, 0) is 17.6 Å².